The van der Waals surface area contributed by atoms with Gasteiger partial charge >= 0.3 is 5.97 Å². The van der Waals surface area contributed by atoms with Crippen LogP contribution >= 0.6 is 11.6 Å². The molecule has 0 atom stereocenters. The Morgan fingerprint density at radius 2 is 1.95 bits per heavy atom. The highest BCUT2D eigenvalue weighted by atomic mass is 35.5. The molecular weight excluding hydrogens is 278 g/mol. The average molecular weight is 292 g/mol. The van der Waals surface area contributed by atoms with E-state index < -0.39 is 5.97 Å². The van der Waals surface area contributed by atoms with E-state index in [1.54, 1.807) is 29.0 Å². The van der Waals surface area contributed by atoms with E-state index in [9.17, 15) is 4.79 Å². The van der Waals surface area contributed by atoms with Crippen LogP contribution in [0.1, 0.15) is 41.6 Å². The summed E-state index contributed by atoms with van der Waals surface area (Å²) in [5.41, 5.74) is 1.34. The lowest BCUT2D eigenvalue weighted by Crippen LogP contribution is -2.06. The number of rotatable bonds is 4. The SMILES string of the molecule is CC(C)n1nnc(C(=O)O)c1/C=C/c1ccc(Cl)cc1. The predicted molar refractivity (Wildman–Crippen MR) is 77.7 cm³/mol. The molecule has 0 amide bonds. The van der Waals surface area contributed by atoms with Crippen molar-refractivity contribution in [2.75, 3.05) is 0 Å². The highest BCUT2D eigenvalue weighted by Crippen LogP contribution is 2.16. The zero-order valence-corrected chi connectivity index (χ0v) is 11.9. The standard InChI is InChI=1S/C14H14ClN3O2/c1-9(2)18-12(13(14(19)20)16-17-18)8-5-10-3-6-11(15)7-4-10/h3-9H,1-2H3,(H,19,20)/b8-5+. The number of aromatic carboxylic acids is 1. The molecule has 0 saturated heterocycles. The van der Waals surface area contributed by atoms with Crippen molar-refractivity contribution in [3.63, 3.8) is 0 Å². The first-order valence-electron chi connectivity index (χ1n) is 6.11. The fourth-order valence-corrected chi connectivity index (χ4v) is 1.86. The third-order valence-corrected chi connectivity index (χ3v) is 2.98. The first-order chi connectivity index (χ1) is 9.49. The maximum atomic E-state index is 11.1. The molecule has 0 radical (unpaired) electrons. The van der Waals surface area contributed by atoms with Crippen LogP contribution in [0.2, 0.25) is 5.02 Å². The van der Waals surface area contributed by atoms with E-state index in [1.807, 2.05) is 26.0 Å². The minimum absolute atomic E-state index is 0.0282. The molecule has 104 valence electrons. The maximum absolute atomic E-state index is 11.1. The zero-order valence-electron chi connectivity index (χ0n) is 11.1. The molecule has 0 aliphatic heterocycles. The molecule has 0 fully saturated rings. The molecular formula is C14H14ClN3O2. The first kappa shape index (κ1) is 14.3. The molecule has 0 aliphatic carbocycles. The molecule has 1 aromatic heterocycles. The Hall–Kier alpha value is -2.14. The Bertz CT molecular complexity index is 645. The molecule has 5 nitrogen and oxygen atoms in total. The lowest BCUT2D eigenvalue weighted by molar-refractivity contribution is 0.0690. The number of carboxylic acids is 1. The molecule has 1 heterocycles. The van der Waals surface area contributed by atoms with Crippen molar-refractivity contribution < 1.29 is 9.90 Å². The molecule has 0 unspecified atom stereocenters. The van der Waals surface area contributed by atoms with Crippen LogP contribution in [0.4, 0.5) is 0 Å². The third kappa shape index (κ3) is 3.05. The van der Waals surface area contributed by atoms with E-state index in [1.165, 1.54) is 0 Å². The van der Waals surface area contributed by atoms with Crippen LogP contribution in [0, 0.1) is 0 Å². The Morgan fingerprint density at radius 1 is 1.30 bits per heavy atom. The number of hydrogen-bond donors (Lipinski definition) is 1. The summed E-state index contributed by atoms with van der Waals surface area (Å²) in [5, 5.41) is 17.4. The second kappa shape index (κ2) is 5.88. The number of carboxylic acid groups (broad SMARTS) is 1. The van der Waals surface area contributed by atoms with Gasteiger partial charge in [-0.2, -0.15) is 0 Å². The quantitative estimate of drug-likeness (QED) is 0.937. The van der Waals surface area contributed by atoms with Crippen LogP contribution in [-0.2, 0) is 0 Å². The minimum atomic E-state index is -1.09. The minimum Gasteiger partial charge on any atom is -0.476 e. The Kier molecular flexibility index (Phi) is 4.20. The number of hydrogen-bond acceptors (Lipinski definition) is 3. The van der Waals surface area contributed by atoms with Gasteiger partial charge in [-0.1, -0.05) is 35.0 Å². The third-order valence-electron chi connectivity index (χ3n) is 2.73. The highest BCUT2D eigenvalue weighted by molar-refractivity contribution is 6.30. The van der Waals surface area contributed by atoms with Gasteiger partial charge in [0.05, 0.1) is 5.69 Å². The molecule has 2 aromatic rings. The second-order valence-electron chi connectivity index (χ2n) is 4.55. The summed E-state index contributed by atoms with van der Waals surface area (Å²) in [6, 6.07) is 7.28. The molecule has 0 bridgehead atoms. The topological polar surface area (TPSA) is 68.0 Å². The van der Waals surface area contributed by atoms with Gasteiger partial charge in [0.25, 0.3) is 0 Å². The molecule has 2 rings (SSSR count). The fourth-order valence-electron chi connectivity index (χ4n) is 1.74. The summed E-state index contributed by atoms with van der Waals surface area (Å²) in [4.78, 5) is 11.1. The predicted octanol–water partition coefficient (Wildman–Crippen LogP) is 3.38. The van der Waals surface area contributed by atoms with E-state index in [0.717, 1.165) is 5.56 Å². The summed E-state index contributed by atoms with van der Waals surface area (Å²) >= 11 is 5.82. The normalized spacial score (nSPS) is 11.4. The fraction of sp³-hybridized carbons (Fsp3) is 0.214. The van der Waals surface area contributed by atoms with E-state index in [-0.39, 0.29) is 11.7 Å². The van der Waals surface area contributed by atoms with Crippen molar-refractivity contribution in [3.8, 4) is 0 Å². The van der Waals surface area contributed by atoms with Gasteiger partial charge in [0.2, 0.25) is 0 Å². The molecule has 1 N–H and O–H groups in total. The monoisotopic (exact) mass is 291 g/mol. The lowest BCUT2D eigenvalue weighted by Gasteiger charge is -2.06. The summed E-state index contributed by atoms with van der Waals surface area (Å²) in [5.74, 6) is -1.09. The van der Waals surface area contributed by atoms with E-state index in [4.69, 9.17) is 16.7 Å². The maximum Gasteiger partial charge on any atom is 0.358 e. The number of benzene rings is 1. The summed E-state index contributed by atoms with van der Waals surface area (Å²) in [6.45, 7) is 3.83. The van der Waals surface area contributed by atoms with Crippen LogP contribution in [0.25, 0.3) is 12.2 Å². The van der Waals surface area contributed by atoms with Gasteiger partial charge in [-0.15, -0.1) is 5.10 Å². The smallest absolute Gasteiger partial charge is 0.358 e. The van der Waals surface area contributed by atoms with Crippen molar-refractivity contribution >= 4 is 29.7 Å². The Balaban J connectivity index is 2.38. The molecule has 1 aromatic carbocycles. The van der Waals surface area contributed by atoms with Gasteiger partial charge in [-0.05, 0) is 37.6 Å². The average Bonchev–Trinajstić information content (AvgIpc) is 2.82. The van der Waals surface area contributed by atoms with Gasteiger partial charge < -0.3 is 5.11 Å². The highest BCUT2D eigenvalue weighted by Gasteiger charge is 2.18. The summed E-state index contributed by atoms with van der Waals surface area (Å²) in [6.07, 6.45) is 3.51. The molecule has 6 heteroatoms. The largest absolute Gasteiger partial charge is 0.476 e. The van der Waals surface area contributed by atoms with Crippen molar-refractivity contribution in [3.05, 3.63) is 46.2 Å². The molecule has 0 saturated carbocycles. The molecule has 0 spiro atoms. The number of carbonyl (C=O) groups is 1. The number of aromatic nitrogens is 3. The van der Waals surface area contributed by atoms with Crippen molar-refractivity contribution in [2.45, 2.75) is 19.9 Å². The van der Waals surface area contributed by atoms with Crippen LogP contribution in [-0.4, -0.2) is 26.1 Å². The van der Waals surface area contributed by atoms with Crippen molar-refractivity contribution in [1.82, 2.24) is 15.0 Å². The van der Waals surface area contributed by atoms with Crippen LogP contribution < -0.4 is 0 Å². The van der Waals surface area contributed by atoms with Crippen molar-refractivity contribution in [2.24, 2.45) is 0 Å². The summed E-state index contributed by atoms with van der Waals surface area (Å²) in [7, 11) is 0. The van der Waals surface area contributed by atoms with Crippen molar-refractivity contribution in [1.29, 1.82) is 0 Å². The van der Waals surface area contributed by atoms with Gasteiger partial charge in [0, 0.05) is 11.1 Å². The van der Waals surface area contributed by atoms with Gasteiger partial charge in [0.1, 0.15) is 0 Å². The van der Waals surface area contributed by atoms with Gasteiger partial charge in [-0.25, -0.2) is 9.48 Å². The van der Waals surface area contributed by atoms with Crippen LogP contribution in [0.3, 0.4) is 0 Å². The Morgan fingerprint density at radius 3 is 2.50 bits per heavy atom. The van der Waals surface area contributed by atoms with Crippen LogP contribution in [0.5, 0.6) is 0 Å². The van der Waals surface area contributed by atoms with E-state index >= 15 is 0 Å². The van der Waals surface area contributed by atoms with Gasteiger partial charge in [0.15, 0.2) is 5.69 Å². The van der Waals surface area contributed by atoms with E-state index in [0.29, 0.717) is 10.7 Å². The lowest BCUT2D eigenvalue weighted by atomic mass is 10.2. The molecule has 20 heavy (non-hydrogen) atoms. The van der Waals surface area contributed by atoms with Gasteiger partial charge in [-0.3, -0.25) is 0 Å². The first-order valence-corrected chi connectivity index (χ1v) is 6.49. The zero-order chi connectivity index (χ0) is 14.7. The second-order valence-corrected chi connectivity index (χ2v) is 4.99. The Labute approximate surface area is 121 Å². The molecule has 0 aliphatic rings. The number of nitrogens with zero attached hydrogens (tertiary/aromatic N) is 3. The van der Waals surface area contributed by atoms with E-state index in [2.05, 4.69) is 10.3 Å². The number of halogens is 1. The summed E-state index contributed by atoms with van der Waals surface area (Å²) < 4.78 is 1.58. The van der Waals surface area contributed by atoms with Crippen LogP contribution in [0.15, 0.2) is 24.3 Å².